The van der Waals surface area contributed by atoms with Crippen LogP contribution in [0, 0.1) is 0 Å². The van der Waals surface area contributed by atoms with Gasteiger partial charge >= 0.3 is 0 Å². The zero-order chi connectivity index (χ0) is 14.5. The first-order chi connectivity index (χ1) is 9.60. The van der Waals surface area contributed by atoms with Gasteiger partial charge < -0.3 is 10.1 Å². The van der Waals surface area contributed by atoms with Crippen LogP contribution in [0.15, 0.2) is 46.9 Å². The summed E-state index contributed by atoms with van der Waals surface area (Å²) in [6.07, 6.45) is 0.218. The Labute approximate surface area is 131 Å². The highest BCUT2D eigenvalue weighted by Crippen LogP contribution is 2.28. The maximum absolute atomic E-state index is 12.1. The summed E-state index contributed by atoms with van der Waals surface area (Å²) in [6.45, 7) is 0. The van der Waals surface area contributed by atoms with Gasteiger partial charge in [0.25, 0.3) is 0 Å². The monoisotopic (exact) mass is 353 g/mol. The summed E-state index contributed by atoms with van der Waals surface area (Å²) in [7, 11) is 1.56. The fourth-order valence-electron chi connectivity index (χ4n) is 1.79. The Balaban J connectivity index is 2.12. The van der Waals surface area contributed by atoms with Gasteiger partial charge in [0.15, 0.2) is 0 Å². The molecule has 0 aromatic heterocycles. The molecule has 0 atom stereocenters. The maximum Gasteiger partial charge on any atom is 0.228 e. The number of ether oxygens (including phenoxy) is 1. The lowest BCUT2D eigenvalue weighted by Gasteiger charge is -2.11. The molecule has 0 saturated heterocycles. The Morgan fingerprint density at radius 2 is 2.05 bits per heavy atom. The molecule has 0 unspecified atom stereocenters. The Morgan fingerprint density at radius 1 is 1.30 bits per heavy atom. The highest BCUT2D eigenvalue weighted by Gasteiger charge is 2.10. The molecular formula is C15H13BrClNO2. The molecule has 0 radical (unpaired) electrons. The number of methoxy groups -OCH3 is 1. The van der Waals surface area contributed by atoms with Gasteiger partial charge in [-0.3, -0.25) is 4.79 Å². The lowest BCUT2D eigenvalue weighted by molar-refractivity contribution is -0.115. The molecule has 0 saturated carbocycles. The van der Waals surface area contributed by atoms with Crippen molar-refractivity contribution in [2.24, 2.45) is 0 Å². The first-order valence-corrected chi connectivity index (χ1v) is 7.14. The molecule has 5 heteroatoms. The molecule has 0 aliphatic rings. The smallest absolute Gasteiger partial charge is 0.228 e. The Morgan fingerprint density at radius 3 is 2.75 bits per heavy atom. The Bertz CT molecular complexity index is 631. The molecule has 104 valence electrons. The molecule has 2 rings (SSSR count). The largest absolute Gasteiger partial charge is 0.495 e. The van der Waals surface area contributed by atoms with Crippen molar-refractivity contribution in [3.63, 3.8) is 0 Å². The van der Waals surface area contributed by atoms with E-state index in [9.17, 15) is 4.79 Å². The number of benzene rings is 2. The van der Waals surface area contributed by atoms with Crippen molar-refractivity contribution in [2.75, 3.05) is 12.4 Å². The minimum Gasteiger partial charge on any atom is -0.495 e. The van der Waals surface area contributed by atoms with E-state index in [1.54, 1.807) is 25.3 Å². The quantitative estimate of drug-likeness (QED) is 0.889. The Kier molecular flexibility index (Phi) is 5.04. The summed E-state index contributed by atoms with van der Waals surface area (Å²) in [5.74, 6) is 0.468. The zero-order valence-electron chi connectivity index (χ0n) is 10.8. The summed E-state index contributed by atoms with van der Waals surface area (Å²) in [5, 5.41) is 3.41. The second-order valence-corrected chi connectivity index (χ2v) is 5.48. The van der Waals surface area contributed by atoms with Gasteiger partial charge in [0, 0.05) is 9.50 Å². The minimum atomic E-state index is -0.144. The van der Waals surface area contributed by atoms with Crippen LogP contribution in [0.2, 0.25) is 5.02 Å². The fourth-order valence-corrected chi connectivity index (χ4v) is 2.35. The standard InChI is InChI=1S/C15H13BrClNO2/c1-20-14-7-6-11(16)9-13(14)18-15(19)8-10-4-2-3-5-12(10)17/h2-7,9H,8H2,1H3,(H,18,19). The topological polar surface area (TPSA) is 38.3 Å². The number of carbonyl (C=O) groups is 1. The van der Waals surface area contributed by atoms with E-state index in [-0.39, 0.29) is 12.3 Å². The summed E-state index contributed by atoms with van der Waals surface area (Å²) in [4.78, 5) is 12.1. The van der Waals surface area contributed by atoms with Crippen molar-refractivity contribution >= 4 is 39.1 Å². The summed E-state index contributed by atoms with van der Waals surface area (Å²) < 4.78 is 6.08. The predicted molar refractivity (Wildman–Crippen MR) is 84.5 cm³/mol. The van der Waals surface area contributed by atoms with Gasteiger partial charge in [-0.05, 0) is 29.8 Å². The lowest BCUT2D eigenvalue weighted by Crippen LogP contribution is -2.15. The fraction of sp³-hybridized carbons (Fsp3) is 0.133. The molecule has 1 amide bonds. The molecule has 2 aromatic rings. The molecule has 0 fully saturated rings. The van der Waals surface area contributed by atoms with E-state index >= 15 is 0 Å². The number of amides is 1. The predicted octanol–water partition coefficient (Wildman–Crippen LogP) is 4.29. The van der Waals surface area contributed by atoms with Crippen LogP contribution in [0.4, 0.5) is 5.69 Å². The van der Waals surface area contributed by atoms with Crippen LogP contribution in [0.25, 0.3) is 0 Å². The van der Waals surface area contributed by atoms with Crippen LogP contribution < -0.4 is 10.1 Å². The number of anilines is 1. The molecular weight excluding hydrogens is 342 g/mol. The van der Waals surface area contributed by atoms with Crippen molar-refractivity contribution in [1.82, 2.24) is 0 Å². The number of halogens is 2. The average molecular weight is 355 g/mol. The van der Waals surface area contributed by atoms with Crippen LogP contribution in [-0.2, 0) is 11.2 Å². The van der Waals surface area contributed by atoms with Gasteiger partial charge in [-0.1, -0.05) is 45.7 Å². The van der Waals surface area contributed by atoms with Gasteiger partial charge in [0.1, 0.15) is 5.75 Å². The van der Waals surface area contributed by atoms with Crippen molar-refractivity contribution < 1.29 is 9.53 Å². The molecule has 20 heavy (non-hydrogen) atoms. The molecule has 0 aliphatic carbocycles. The van der Waals surface area contributed by atoms with E-state index in [2.05, 4.69) is 21.2 Å². The van der Waals surface area contributed by atoms with Crippen LogP contribution in [-0.4, -0.2) is 13.0 Å². The first kappa shape index (κ1) is 14.9. The molecule has 0 aliphatic heterocycles. The highest BCUT2D eigenvalue weighted by molar-refractivity contribution is 9.10. The Hall–Kier alpha value is -1.52. The summed E-state index contributed by atoms with van der Waals surface area (Å²) in [5.41, 5.74) is 1.42. The molecule has 2 aromatic carbocycles. The second-order valence-electron chi connectivity index (χ2n) is 4.16. The number of hydrogen-bond acceptors (Lipinski definition) is 2. The maximum atomic E-state index is 12.1. The van der Waals surface area contributed by atoms with E-state index in [1.165, 1.54) is 0 Å². The third-order valence-corrected chi connectivity index (χ3v) is 3.61. The summed E-state index contributed by atoms with van der Waals surface area (Å²) >= 11 is 9.41. The van der Waals surface area contributed by atoms with Crippen LogP contribution >= 0.6 is 27.5 Å². The van der Waals surface area contributed by atoms with E-state index < -0.39 is 0 Å². The zero-order valence-corrected chi connectivity index (χ0v) is 13.2. The first-order valence-electron chi connectivity index (χ1n) is 5.97. The lowest BCUT2D eigenvalue weighted by atomic mass is 10.1. The van der Waals surface area contributed by atoms with E-state index in [0.29, 0.717) is 16.5 Å². The van der Waals surface area contributed by atoms with Crippen molar-refractivity contribution in [2.45, 2.75) is 6.42 Å². The normalized spacial score (nSPS) is 10.2. The number of nitrogens with one attached hydrogen (secondary N) is 1. The van der Waals surface area contributed by atoms with Crippen LogP contribution in [0.5, 0.6) is 5.75 Å². The van der Waals surface area contributed by atoms with Gasteiger partial charge in [0.2, 0.25) is 5.91 Å². The van der Waals surface area contributed by atoms with E-state index in [0.717, 1.165) is 10.0 Å². The van der Waals surface area contributed by atoms with Gasteiger partial charge in [-0.15, -0.1) is 0 Å². The SMILES string of the molecule is COc1ccc(Br)cc1NC(=O)Cc1ccccc1Cl. The number of hydrogen-bond donors (Lipinski definition) is 1. The number of carbonyl (C=O) groups excluding carboxylic acids is 1. The van der Waals surface area contributed by atoms with Gasteiger partial charge in [-0.25, -0.2) is 0 Å². The number of rotatable bonds is 4. The molecule has 0 heterocycles. The van der Waals surface area contributed by atoms with Crippen LogP contribution in [0.3, 0.4) is 0 Å². The minimum absolute atomic E-state index is 0.144. The van der Waals surface area contributed by atoms with Crippen molar-refractivity contribution in [1.29, 1.82) is 0 Å². The van der Waals surface area contributed by atoms with Crippen LogP contribution in [0.1, 0.15) is 5.56 Å². The summed E-state index contributed by atoms with van der Waals surface area (Å²) in [6, 6.07) is 12.7. The third kappa shape index (κ3) is 3.74. The third-order valence-electron chi connectivity index (χ3n) is 2.74. The van der Waals surface area contributed by atoms with Gasteiger partial charge in [-0.2, -0.15) is 0 Å². The van der Waals surface area contributed by atoms with Gasteiger partial charge in [0.05, 0.1) is 19.2 Å². The average Bonchev–Trinajstić information content (AvgIpc) is 2.41. The molecule has 0 bridgehead atoms. The van der Waals surface area contributed by atoms with Crippen molar-refractivity contribution in [3.8, 4) is 5.75 Å². The molecule has 1 N–H and O–H groups in total. The molecule has 0 spiro atoms. The second kappa shape index (κ2) is 6.77. The van der Waals surface area contributed by atoms with E-state index in [1.807, 2.05) is 24.3 Å². The van der Waals surface area contributed by atoms with E-state index in [4.69, 9.17) is 16.3 Å². The molecule has 3 nitrogen and oxygen atoms in total. The highest BCUT2D eigenvalue weighted by atomic mass is 79.9. The van der Waals surface area contributed by atoms with Crippen molar-refractivity contribution in [3.05, 3.63) is 57.5 Å².